The van der Waals surface area contributed by atoms with Crippen LogP contribution < -0.4 is 4.74 Å². The van der Waals surface area contributed by atoms with Crippen molar-refractivity contribution in [2.45, 2.75) is 38.6 Å². The molecule has 1 aliphatic carbocycles. The van der Waals surface area contributed by atoms with Crippen molar-refractivity contribution in [1.29, 1.82) is 0 Å². The van der Waals surface area contributed by atoms with Crippen molar-refractivity contribution >= 4 is 0 Å². The van der Waals surface area contributed by atoms with E-state index in [0.29, 0.717) is 24.1 Å². The Balaban J connectivity index is 1.82. The lowest BCUT2D eigenvalue weighted by atomic mass is 9.77. The Morgan fingerprint density at radius 2 is 2.08 bits per heavy atom. The van der Waals surface area contributed by atoms with Crippen LogP contribution in [0.25, 0.3) is 11.1 Å². The van der Waals surface area contributed by atoms with E-state index in [4.69, 9.17) is 4.74 Å². The molecule has 1 aliphatic heterocycles. The van der Waals surface area contributed by atoms with Gasteiger partial charge in [0.1, 0.15) is 0 Å². The first-order valence-electron chi connectivity index (χ1n) is 9.00. The summed E-state index contributed by atoms with van der Waals surface area (Å²) in [7, 11) is 2.21. The first-order valence-corrected chi connectivity index (χ1v) is 9.00. The summed E-state index contributed by atoms with van der Waals surface area (Å²) < 4.78 is 5.82. The first-order chi connectivity index (χ1) is 11.7. The summed E-state index contributed by atoms with van der Waals surface area (Å²) in [6, 6.07) is 11.0. The molecule has 1 N–H and O–H groups in total. The third-order valence-electron chi connectivity index (χ3n) is 5.46. The average Bonchev–Trinajstić information content (AvgIpc) is 2.60. The molecule has 0 spiro atoms. The fraction of sp³-hybridized carbons (Fsp3) is 0.429. The Morgan fingerprint density at radius 3 is 2.92 bits per heavy atom. The highest BCUT2D eigenvalue weighted by Gasteiger charge is 2.34. The lowest BCUT2D eigenvalue weighted by Crippen LogP contribution is -2.35. The second kappa shape index (κ2) is 6.14. The van der Waals surface area contributed by atoms with Crippen LogP contribution in [-0.4, -0.2) is 30.2 Å². The molecule has 2 aliphatic rings. The Bertz CT molecular complexity index is 769. The molecular weight excluding hydrogens is 298 g/mol. The predicted octanol–water partition coefficient (Wildman–Crippen LogP) is 4.32. The van der Waals surface area contributed by atoms with E-state index in [1.165, 1.54) is 22.3 Å². The van der Waals surface area contributed by atoms with Gasteiger partial charge in [-0.15, -0.1) is 0 Å². The van der Waals surface area contributed by atoms with Gasteiger partial charge in [-0.2, -0.15) is 0 Å². The van der Waals surface area contributed by atoms with E-state index in [1.54, 1.807) is 0 Å². The van der Waals surface area contributed by atoms with E-state index in [0.717, 1.165) is 37.8 Å². The van der Waals surface area contributed by atoms with Crippen molar-refractivity contribution in [3.05, 3.63) is 47.0 Å². The minimum absolute atomic E-state index is 0.309. The predicted molar refractivity (Wildman–Crippen MR) is 96.7 cm³/mol. The van der Waals surface area contributed by atoms with Crippen molar-refractivity contribution in [3.63, 3.8) is 0 Å². The molecule has 0 saturated heterocycles. The molecule has 0 saturated carbocycles. The molecule has 0 unspecified atom stereocenters. The van der Waals surface area contributed by atoms with E-state index in [-0.39, 0.29) is 0 Å². The van der Waals surface area contributed by atoms with Crippen molar-refractivity contribution in [1.82, 2.24) is 4.90 Å². The molecule has 0 amide bonds. The summed E-state index contributed by atoms with van der Waals surface area (Å²) in [5.41, 5.74) is 6.22. The number of phenols is 1. The summed E-state index contributed by atoms with van der Waals surface area (Å²) in [5.74, 6) is 0.922. The highest BCUT2D eigenvalue weighted by molar-refractivity contribution is 5.82. The zero-order valence-electron chi connectivity index (χ0n) is 14.5. The van der Waals surface area contributed by atoms with Crippen molar-refractivity contribution in [3.8, 4) is 22.6 Å². The number of ether oxygens (including phenoxy) is 1. The largest absolute Gasteiger partial charge is 0.504 e. The number of unbranched alkanes of at least 4 members (excludes halogenated alkanes) is 1. The molecule has 0 bridgehead atoms. The topological polar surface area (TPSA) is 32.7 Å². The summed E-state index contributed by atoms with van der Waals surface area (Å²) in [5, 5.41) is 10.9. The number of aromatic hydroxyl groups is 1. The molecule has 0 aromatic heterocycles. The zero-order chi connectivity index (χ0) is 16.7. The molecule has 4 rings (SSSR count). The number of hydrogen-bond donors (Lipinski definition) is 1. The summed E-state index contributed by atoms with van der Waals surface area (Å²) in [6.07, 6.45) is 4.13. The van der Waals surface area contributed by atoms with Crippen LogP contribution in [0.3, 0.4) is 0 Å². The van der Waals surface area contributed by atoms with E-state index < -0.39 is 0 Å². The SMILES string of the molecule is CCCCOc1ccc2c(c1O)-c1cccc3c1[C@@H](C2)N(C)CC3. The van der Waals surface area contributed by atoms with E-state index in [2.05, 4.69) is 43.1 Å². The molecule has 126 valence electrons. The van der Waals surface area contributed by atoms with Gasteiger partial charge in [0, 0.05) is 18.2 Å². The average molecular weight is 323 g/mol. The minimum Gasteiger partial charge on any atom is -0.504 e. The van der Waals surface area contributed by atoms with Gasteiger partial charge in [0.05, 0.1) is 6.61 Å². The molecule has 3 nitrogen and oxygen atoms in total. The van der Waals surface area contributed by atoms with Crippen LogP contribution >= 0.6 is 0 Å². The number of nitrogens with zero attached hydrogens (tertiary/aromatic N) is 1. The second-order valence-electron chi connectivity index (χ2n) is 6.98. The van der Waals surface area contributed by atoms with Gasteiger partial charge >= 0.3 is 0 Å². The van der Waals surface area contributed by atoms with E-state index >= 15 is 0 Å². The molecule has 2 aromatic rings. The fourth-order valence-corrected chi connectivity index (χ4v) is 4.11. The van der Waals surface area contributed by atoms with Gasteiger partial charge in [-0.3, -0.25) is 4.90 Å². The van der Waals surface area contributed by atoms with Crippen LogP contribution in [0, 0.1) is 0 Å². The van der Waals surface area contributed by atoms with Crippen molar-refractivity contribution in [2.75, 3.05) is 20.2 Å². The maximum atomic E-state index is 10.9. The third-order valence-corrected chi connectivity index (χ3v) is 5.46. The number of phenolic OH excluding ortho intramolecular Hbond substituents is 1. The molecule has 3 heteroatoms. The van der Waals surface area contributed by atoms with Gasteiger partial charge in [-0.05, 0) is 54.6 Å². The van der Waals surface area contributed by atoms with E-state index in [9.17, 15) is 5.11 Å². The van der Waals surface area contributed by atoms with Gasteiger partial charge < -0.3 is 9.84 Å². The molecular formula is C21H25NO2. The standard InChI is InChI=1S/C21H25NO2/c1-3-4-12-24-18-9-8-15-13-17-19-14(10-11-22(17)2)6-5-7-16(19)20(15)21(18)23/h5-9,17,23H,3-4,10-13H2,1-2H3/t17-/m1/s1. The van der Waals surface area contributed by atoms with E-state index in [1.807, 2.05) is 6.07 Å². The molecule has 0 fully saturated rings. The Morgan fingerprint density at radius 1 is 1.21 bits per heavy atom. The highest BCUT2D eigenvalue weighted by atomic mass is 16.5. The Hall–Kier alpha value is -2.00. The lowest BCUT2D eigenvalue weighted by Gasteiger charge is -2.40. The second-order valence-corrected chi connectivity index (χ2v) is 6.98. The fourth-order valence-electron chi connectivity index (χ4n) is 4.11. The smallest absolute Gasteiger partial charge is 0.165 e. The molecule has 0 radical (unpaired) electrons. The maximum absolute atomic E-state index is 10.9. The molecule has 1 atom stereocenters. The Kier molecular flexibility index (Phi) is 3.97. The Labute approximate surface area is 143 Å². The maximum Gasteiger partial charge on any atom is 0.165 e. The quantitative estimate of drug-likeness (QED) is 0.850. The monoisotopic (exact) mass is 323 g/mol. The van der Waals surface area contributed by atoms with Crippen LogP contribution in [0.4, 0.5) is 0 Å². The number of hydrogen-bond acceptors (Lipinski definition) is 3. The van der Waals surface area contributed by atoms with Crippen LogP contribution in [-0.2, 0) is 12.8 Å². The molecule has 2 aromatic carbocycles. The van der Waals surface area contributed by atoms with Crippen LogP contribution in [0.5, 0.6) is 11.5 Å². The summed E-state index contributed by atoms with van der Waals surface area (Å²) in [6.45, 7) is 3.89. The summed E-state index contributed by atoms with van der Waals surface area (Å²) >= 11 is 0. The van der Waals surface area contributed by atoms with Crippen molar-refractivity contribution < 1.29 is 9.84 Å². The number of rotatable bonds is 4. The van der Waals surface area contributed by atoms with Gasteiger partial charge in [-0.1, -0.05) is 37.6 Å². The molecule has 1 heterocycles. The lowest BCUT2D eigenvalue weighted by molar-refractivity contribution is 0.227. The number of benzene rings is 2. The molecule has 24 heavy (non-hydrogen) atoms. The van der Waals surface area contributed by atoms with Gasteiger partial charge in [0.15, 0.2) is 11.5 Å². The zero-order valence-corrected chi connectivity index (χ0v) is 14.5. The van der Waals surface area contributed by atoms with Crippen LogP contribution in [0.2, 0.25) is 0 Å². The summed E-state index contributed by atoms with van der Waals surface area (Å²) in [4.78, 5) is 2.44. The van der Waals surface area contributed by atoms with Crippen LogP contribution in [0.15, 0.2) is 30.3 Å². The van der Waals surface area contributed by atoms with Crippen molar-refractivity contribution in [2.24, 2.45) is 0 Å². The normalized spacial score (nSPS) is 18.8. The van der Waals surface area contributed by atoms with Gasteiger partial charge in [0.25, 0.3) is 0 Å². The van der Waals surface area contributed by atoms with Gasteiger partial charge in [0.2, 0.25) is 0 Å². The first kappa shape index (κ1) is 15.5. The number of fused-ring (bicyclic) bond motifs is 2. The number of likely N-dealkylation sites (N-methyl/N-ethyl adjacent to an activating group) is 1. The third kappa shape index (κ3) is 2.39. The minimum atomic E-state index is 0.309. The van der Waals surface area contributed by atoms with Crippen LogP contribution in [0.1, 0.15) is 42.5 Å². The highest BCUT2D eigenvalue weighted by Crippen LogP contribution is 2.50. The van der Waals surface area contributed by atoms with Gasteiger partial charge in [-0.25, -0.2) is 0 Å².